The van der Waals surface area contributed by atoms with Crippen molar-refractivity contribution in [1.29, 1.82) is 0 Å². The van der Waals surface area contributed by atoms with Crippen molar-refractivity contribution in [2.24, 2.45) is 0 Å². The number of piperazine rings is 1. The van der Waals surface area contributed by atoms with Crippen molar-refractivity contribution in [2.75, 3.05) is 42.6 Å². The van der Waals surface area contributed by atoms with E-state index in [-0.39, 0.29) is 17.5 Å². The van der Waals surface area contributed by atoms with Gasteiger partial charge in [-0.3, -0.25) is 9.88 Å². The van der Waals surface area contributed by atoms with Crippen LogP contribution in [0.25, 0.3) is 11.5 Å². The van der Waals surface area contributed by atoms with Gasteiger partial charge in [0.25, 0.3) is 0 Å². The minimum Gasteiger partial charge on any atom is -0.390 e. The summed E-state index contributed by atoms with van der Waals surface area (Å²) in [5.41, 5.74) is 1.71. The molecule has 2 aromatic rings. The van der Waals surface area contributed by atoms with Crippen molar-refractivity contribution < 1.29 is 13.5 Å². The van der Waals surface area contributed by atoms with Gasteiger partial charge in [-0.1, -0.05) is 13.0 Å². The van der Waals surface area contributed by atoms with E-state index < -0.39 is 15.9 Å². The van der Waals surface area contributed by atoms with Crippen LogP contribution >= 0.6 is 0 Å². The lowest BCUT2D eigenvalue weighted by Gasteiger charge is -2.39. The van der Waals surface area contributed by atoms with Gasteiger partial charge in [0.15, 0.2) is 15.7 Å². The smallest absolute Gasteiger partial charge is 0.180 e. The van der Waals surface area contributed by atoms with Crippen LogP contribution in [0.4, 0.5) is 5.82 Å². The van der Waals surface area contributed by atoms with Crippen LogP contribution in [0.5, 0.6) is 0 Å². The molecule has 9 heteroatoms. The Morgan fingerprint density at radius 2 is 1.93 bits per heavy atom. The molecular formula is C19H25N5O3S. The van der Waals surface area contributed by atoms with Crippen molar-refractivity contribution in [1.82, 2.24) is 19.9 Å². The molecule has 0 aliphatic carbocycles. The number of hydrogen-bond donors (Lipinski definition) is 1. The third-order valence-corrected chi connectivity index (χ3v) is 7.12. The maximum absolute atomic E-state index is 11.8. The van der Waals surface area contributed by atoms with Crippen LogP contribution in [-0.4, -0.2) is 83.2 Å². The second kappa shape index (κ2) is 7.73. The van der Waals surface area contributed by atoms with Crippen LogP contribution in [0.15, 0.2) is 30.5 Å². The molecule has 2 unspecified atom stereocenters. The first-order chi connectivity index (χ1) is 13.4. The van der Waals surface area contributed by atoms with E-state index in [9.17, 15) is 13.5 Å². The molecule has 2 saturated heterocycles. The minimum absolute atomic E-state index is 0.0471. The van der Waals surface area contributed by atoms with Gasteiger partial charge in [0.1, 0.15) is 11.5 Å². The maximum atomic E-state index is 11.8. The summed E-state index contributed by atoms with van der Waals surface area (Å²) in [6, 6.07) is 7.40. The minimum atomic E-state index is -3.14. The summed E-state index contributed by atoms with van der Waals surface area (Å²) in [5.74, 6) is 1.41. The number of nitrogens with zero attached hydrogens (tertiary/aromatic N) is 5. The van der Waals surface area contributed by atoms with E-state index in [2.05, 4.69) is 26.7 Å². The molecule has 0 radical (unpaired) electrons. The molecule has 2 aromatic heterocycles. The molecular weight excluding hydrogens is 378 g/mol. The Bertz CT molecular complexity index is 930. The molecule has 4 heterocycles. The van der Waals surface area contributed by atoms with Crippen LogP contribution in [0.2, 0.25) is 0 Å². The van der Waals surface area contributed by atoms with Crippen molar-refractivity contribution in [3.63, 3.8) is 0 Å². The summed E-state index contributed by atoms with van der Waals surface area (Å²) in [7, 11) is -3.14. The van der Waals surface area contributed by atoms with Crippen molar-refractivity contribution in [3.05, 3.63) is 36.2 Å². The highest BCUT2D eigenvalue weighted by Crippen LogP contribution is 2.23. The summed E-state index contributed by atoms with van der Waals surface area (Å²) in [6.45, 7) is 4.91. The quantitative estimate of drug-likeness (QED) is 0.782. The fraction of sp³-hybridized carbons (Fsp3) is 0.526. The van der Waals surface area contributed by atoms with E-state index in [1.807, 2.05) is 24.3 Å². The highest BCUT2D eigenvalue weighted by molar-refractivity contribution is 7.91. The van der Waals surface area contributed by atoms with E-state index >= 15 is 0 Å². The summed E-state index contributed by atoms with van der Waals surface area (Å²) < 4.78 is 23.6. The molecule has 0 saturated carbocycles. The molecule has 0 amide bonds. The zero-order valence-electron chi connectivity index (χ0n) is 15.9. The lowest BCUT2D eigenvalue weighted by atomic mass is 10.1. The highest BCUT2D eigenvalue weighted by Gasteiger charge is 2.40. The first-order valence-corrected chi connectivity index (χ1v) is 11.4. The average Bonchev–Trinajstić information content (AvgIpc) is 3.00. The molecule has 2 atom stereocenters. The monoisotopic (exact) mass is 403 g/mol. The van der Waals surface area contributed by atoms with Crippen molar-refractivity contribution in [3.8, 4) is 11.5 Å². The van der Waals surface area contributed by atoms with E-state index in [1.165, 1.54) is 0 Å². The van der Waals surface area contributed by atoms with Gasteiger partial charge in [0.2, 0.25) is 0 Å². The van der Waals surface area contributed by atoms with E-state index in [1.54, 1.807) is 6.20 Å². The average molecular weight is 404 g/mol. The Hall–Kier alpha value is -2.10. The number of sulfone groups is 1. The fourth-order valence-electron chi connectivity index (χ4n) is 3.88. The fourth-order valence-corrected chi connectivity index (χ4v) is 5.71. The normalized spacial score (nSPS) is 25.1. The number of aliphatic hydroxyl groups is 1. The van der Waals surface area contributed by atoms with Crippen molar-refractivity contribution in [2.45, 2.75) is 25.5 Å². The van der Waals surface area contributed by atoms with Gasteiger partial charge in [0, 0.05) is 44.1 Å². The first kappa shape index (κ1) is 19.2. The first-order valence-electron chi connectivity index (χ1n) is 9.62. The molecule has 1 N–H and O–H groups in total. The summed E-state index contributed by atoms with van der Waals surface area (Å²) in [5, 5.41) is 10.1. The zero-order valence-corrected chi connectivity index (χ0v) is 16.7. The molecule has 2 aliphatic heterocycles. The third-order valence-electron chi connectivity index (χ3n) is 5.42. The second-order valence-electron chi connectivity index (χ2n) is 7.34. The SMILES string of the molecule is CCc1cc(N2CCN(C3CS(=O)(=O)CC3O)CC2)nc(-c2ccccn2)n1. The highest BCUT2D eigenvalue weighted by atomic mass is 32.2. The van der Waals surface area contributed by atoms with Crippen LogP contribution < -0.4 is 4.90 Å². The molecule has 0 aromatic carbocycles. The molecule has 8 nitrogen and oxygen atoms in total. The Labute approximate surface area is 165 Å². The summed E-state index contributed by atoms with van der Waals surface area (Å²) >= 11 is 0. The number of pyridine rings is 1. The number of aliphatic hydroxyl groups excluding tert-OH is 1. The van der Waals surface area contributed by atoms with E-state index in [0.29, 0.717) is 18.9 Å². The molecule has 0 spiro atoms. The van der Waals surface area contributed by atoms with E-state index in [4.69, 9.17) is 4.98 Å². The summed E-state index contributed by atoms with van der Waals surface area (Å²) in [4.78, 5) is 18.0. The molecule has 0 bridgehead atoms. The van der Waals surface area contributed by atoms with Gasteiger partial charge in [-0.25, -0.2) is 18.4 Å². The number of aromatic nitrogens is 3. The molecule has 2 aliphatic rings. The van der Waals surface area contributed by atoms with Crippen LogP contribution in [0.1, 0.15) is 12.6 Å². The van der Waals surface area contributed by atoms with Gasteiger partial charge in [-0.2, -0.15) is 0 Å². The second-order valence-corrected chi connectivity index (χ2v) is 9.50. The lowest BCUT2D eigenvalue weighted by Crippen LogP contribution is -2.53. The molecule has 2 fully saturated rings. The van der Waals surface area contributed by atoms with Gasteiger partial charge < -0.3 is 10.0 Å². The van der Waals surface area contributed by atoms with Gasteiger partial charge in [-0.05, 0) is 18.6 Å². The summed E-state index contributed by atoms with van der Waals surface area (Å²) in [6.07, 6.45) is 1.75. The number of hydrogen-bond acceptors (Lipinski definition) is 8. The standard InChI is InChI=1S/C19H25N5O3S/c1-2-14-11-18(22-19(21-14)15-5-3-4-6-20-15)24-9-7-23(8-10-24)16-12-28(26,27)13-17(16)25/h3-6,11,16-17,25H,2,7-10,12-13H2,1H3. The largest absolute Gasteiger partial charge is 0.390 e. The molecule has 28 heavy (non-hydrogen) atoms. The predicted octanol–water partition coefficient (Wildman–Crippen LogP) is 0.381. The van der Waals surface area contributed by atoms with Crippen LogP contribution in [0.3, 0.4) is 0 Å². The van der Waals surface area contributed by atoms with E-state index in [0.717, 1.165) is 36.7 Å². The third kappa shape index (κ3) is 4.01. The maximum Gasteiger partial charge on any atom is 0.180 e. The topological polar surface area (TPSA) is 99.5 Å². The Balaban J connectivity index is 1.50. The lowest BCUT2D eigenvalue weighted by molar-refractivity contribution is 0.0792. The zero-order chi connectivity index (χ0) is 19.7. The van der Waals surface area contributed by atoms with Gasteiger partial charge >= 0.3 is 0 Å². The van der Waals surface area contributed by atoms with Crippen LogP contribution in [0, 0.1) is 0 Å². The Morgan fingerprint density at radius 3 is 2.54 bits per heavy atom. The number of rotatable bonds is 4. The molecule has 150 valence electrons. The van der Waals surface area contributed by atoms with Gasteiger partial charge in [-0.15, -0.1) is 0 Å². The molecule has 4 rings (SSSR count). The van der Waals surface area contributed by atoms with Crippen LogP contribution in [-0.2, 0) is 16.3 Å². The Morgan fingerprint density at radius 1 is 1.14 bits per heavy atom. The van der Waals surface area contributed by atoms with Crippen molar-refractivity contribution >= 4 is 15.7 Å². The van der Waals surface area contributed by atoms with Gasteiger partial charge in [0.05, 0.1) is 23.7 Å². The number of aryl methyl sites for hydroxylation is 1. The predicted molar refractivity (Wildman–Crippen MR) is 107 cm³/mol. The number of anilines is 1. The Kier molecular flexibility index (Phi) is 5.31.